The molecule has 1 heterocycles. The van der Waals surface area contributed by atoms with Crippen molar-refractivity contribution in [2.24, 2.45) is 5.92 Å². The summed E-state index contributed by atoms with van der Waals surface area (Å²) in [7, 11) is 0. The van der Waals surface area contributed by atoms with E-state index in [-0.39, 0.29) is 11.9 Å². The fourth-order valence-electron chi connectivity index (χ4n) is 2.70. The van der Waals surface area contributed by atoms with Gasteiger partial charge in [-0.05, 0) is 43.4 Å². The zero-order chi connectivity index (χ0) is 15.1. The zero-order valence-electron chi connectivity index (χ0n) is 13.0. The molecule has 0 aromatic heterocycles. The molecule has 1 saturated heterocycles. The van der Waals surface area contributed by atoms with Crippen molar-refractivity contribution in [1.29, 1.82) is 0 Å². The second kappa shape index (κ2) is 8.15. The van der Waals surface area contributed by atoms with E-state index in [9.17, 15) is 4.79 Å². The van der Waals surface area contributed by atoms with E-state index in [4.69, 9.17) is 4.74 Å². The lowest BCUT2D eigenvalue weighted by Gasteiger charge is -2.27. The number of hydrogen-bond donors (Lipinski definition) is 2. The number of rotatable bonds is 6. The summed E-state index contributed by atoms with van der Waals surface area (Å²) in [6.45, 7) is 6.99. The van der Waals surface area contributed by atoms with Gasteiger partial charge in [-0.3, -0.25) is 4.79 Å². The van der Waals surface area contributed by atoms with Crippen molar-refractivity contribution in [3.05, 3.63) is 35.4 Å². The van der Waals surface area contributed by atoms with Crippen molar-refractivity contribution in [3.63, 3.8) is 0 Å². The summed E-state index contributed by atoms with van der Waals surface area (Å²) in [5.74, 6) is 0.722. The van der Waals surface area contributed by atoms with Gasteiger partial charge in [-0.1, -0.05) is 31.2 Å². The van der Waals surface area contributed by atoms with Gasteiger partial charge in [0.1, 0.15) is 0 Å². The van der Waals surface area contributed by atoms with Gasteiger partial charge in [0.2, 0.25) is 5.91 Å². The molecule has 0 aliphatic carbocycles. The molecule has 2 unspecified atom stereocenters. The Hall–Kier alpha value is -1.39. The number of nitrogens with one attached hydrogen (secondary N) is 2. The second-order valence-electron chi connectivity index (χ2n) is 5.76. The van der Waals surface area contributed by atoms with Crippen LogP contribution in [0.25, 0.3) is 0 Å². The quantitative estimate of drug-likeness (QED) is 0.844. The van der Waals surface area contributed by atoms with Gasteiger partial charge in [-0.25, -0.2) is 0 Å². The minimum atomic E-state index is -0.0483. The van der Waals surface area contributed by atoms with Crippen LogP contribution in [-0.4, -0.2) is 25.1 Å². The van der Waals surface area contributed by atoms with E-state index < -0.39 is 0 Å². The Morgan fingerprint density at radius 2 is 2.14 bits per heavy atom. The van der Waals surface area contributed by atoms with Gasteiger partial charge < -0.3 is 15.4 Å². The average molecular weight is 290 g/mol. The number of ether oxygens (including phenoxy) is 1. The number of benzene rings is 1. The Kier molecular flexibility index (Phi) is 6.21. The van der Waals surface area contributed by atoms with E-state index in [1.54, 1.807) is 0 Å². The lowest BCUT2D eigenvalue weighted by molar-refractivity contribution is -0.124. The number of carbonyl (C=O) groups is 1. The molecule has 2 N–H and O–H groups in total. The van der Waals surface area contributed by atoms with Crippen LogP contribution in [0.2, 0.25) is 0 Å². The third kappa shape index (κ3) is 4.83. The van der Waals surface area contributed by atoms with Gasteiger partial charge in [-0.2, -0.15) is 0 Å². The van der Waals surface area contributed by atoms with Crippen LogP contribution in [0.1, 0.15) is 37.8 Å². The molecule has 4 nitrogen and oxygen atoms in total. The molecule has 116 valence electrons. The van der Waals surface area contributed by atoms with Crippen molar-refractivity contribution in [3.8, 4) is 0 Å². The maximum absolute atomic E-state index is 12.2. The summed E-state index contributed by atoms with van der Waals surface area (Å²) >= 11 is 0. The lowest BCUT2D eigenvalue weighted by Crippen LogP contribution is -2.48. The SMILES string of the molecule is CCOCc1ccccc1CNC(=O)C1CC(C)CCN1. The van der Waals surface area contributed by atoms with Gasteiger partial charge in [0.25, 0.3) is 0 Å². The molecule has 1 aromatic rings. The Balaban J connectivity index is 1.88. The van der Waals surface area contributed by atoms with Crippen LogP contribution in [0.3, 0.4) is 0 Å². The maximum Gasteiger partial charge on any atom is 0.237 e. The average Bonchev–Trinajstić information content (AvgIpc) is 2.51. The molecule has 2 atom stereocenters. The van der Waals surface area contributed by atoms with E-state index in [1.165, 1.54) is 0 Å². The third-order valence-electron chi connectivity index (χ3n) is 4.02. The minimum Gasteiger partial charge on any atom is -0.377 e. The highest BCUT2D eigenvalue weighted by molar-refractivity contribution is 5.81. The first-order valence-electron chi connectivity index (χ1n) is 7.86. The highest BCUT2D eigenvalue weighted by Crippen LogP contribution is 2.15. The van der Waals surface area contributed by atoms with Gasteiger partial charge in [0.05, 0.1) is 12.6 Å². The van der Waals surface area contributed by atoms with Gasteiger partial charge >= 0.3 is 0 Å². The van der Waals surface area contributed by atoms with Crippen LogP contribution >= 0.6 is 0 Å². The molecule has 1 aliphatic rings. The number of piperidine rings is 1. The van der Waals surface area contributed by atoms with Gasteiger partial charge in [0.15, 0.2) is 0 Å². The van der Waals surface area contributed by atoms with Crippen LogP contribution in [0.15, 0.2) is 24.3 Å². The second-order valence-corrected chi connectivity index (χ2v) is 5.76. The number of carbonyl (C=O) groups excluding carboxylic acids is 1. The van der Waals surface area contributed by atoms with Gasteiger partial charge in [0, 0.05) is 13.2 Å². The van der Waals surface area contributed by atoms with Crippen LogP contribution in [0.4, 0.5) is 0 Å². The van der Waals surface area contributed by atoms with E-state index >= 15 is 0 Å². The number of hydrogen-bond acceptors (Lipinski definition) is 3. The first-order chi connectivity index (χ1) is 10.2. The summed E-state index contributed by atoms with van der Waals surface area (Å²) in [6.07, 6.45) is 2.08. The topological polar surface area (TPSA) is 50.4 Å². The summed E-state index contributed by atoms with van der Waals surface area (Å²) < 4.78 is 5.47. The number of amides is 1. The molecular weight excluding hydrogens is 264 g/mol. The van der Waals surface area contributed by atoms with E-state index in [0.717, 1.165) is 30.5 Å². The molecule has 0 radical (unpaired) electrons. The Morgan fingerprint density at radius 3 is 2.86 bits per heavy atom. The maximum atomic E-state index is 12.2. The van der Waals surface area contributed by atoms with Crippen LogP contribution in [-0.2, 0) is 22.7 Å². The Bertz CT molecular complexity index is 462. The highest BCUT2D eigenvalue weighted by atomic mass is 16.5. The van der Waals surface area contributed by atoms with E-state index in [0.29, 0.717) is 25.7 Å². The molecule has 21 heavy (non-hydrogen) atoms. The van der Waals surface area contributed by atoms with Crippen molar-refractivity contribution in [1.82, 2.24) is 10.6 Å². The fraction of sp³-hybridized carbons (Fsp3) is 0.588. The van der Waals surface area contributed by atoms with Crippen LogP contribution < -0.4 is 10.6 Å². The summed E-state index contributed by atoms with van der Waals surface area (Å²) in [6, 6.07) is 8.05. The van der Waals surface area contributed by atoms with Crippen molar-refractivity contribution < 1.29 is 9.53 Å². The molecule has 1 fully saturated rings. The lowest BCUT2D eigenvalue weighted by atomic mass is 9.94. The Labute approximate surface area is 127 Å². The minimum absolute atomic E-state index is 0.0483. The van der Waals surface area contributed by atoms with Crippen molar-refractivity contribution >= 4 is 5.91 Å². The van der Waals surface area contributed by atoms with Gasteiger partial charge in [-0.15, -0.1) is 0 Å². The summed E-state index contributed by atoms with van der Waals surface area (Å²) in [4.78, 5) is 12.2. The highest BCUT2D eigenvalue weighted by Gasteiger charge is 2.24. The monoisotopic (exact) mass is 290 g/mol. The predicted octanol–water partition coefficient (Wildman–Crippen LogP) is 2.23. The first-order valence-corrected chi connectivity index (χ1v) is 7.86. The van der Waals surface area contributed by atoms with Crippen LogP contribution in [0.5, 0.6) is 0 Å². The van der Waals surface area contributed by atoms with Crippen molar-refractivity contribution in [2.75, 3.05) is 13.2 Å². The molecule has 0 saturated carbocycles. The largest absolute Gasteiger partial charge is 0.377 e. The zero-order valence-corrected chi connectivity index (χ0v) is 13.0. The molecule has 1 aromatic carbocycles. The molecule has 0 bridgehead atoms. The van der Waals surface area contributed by atoms with E-state index in [2.05, 4.69) is 23.6 Å². The molecular formula is C17H26N2O2. The summed E-state index contributed by atoms with van der Waals surface area (Å²) in [5.41, 5.74) is 2.27. The smallest absolute Gasteiger partial charge is 0.237 e. The fourth-order valence-corrected chi connectivity index (χ4v) is 2.70. The molecule has 0 spiro atoms. The van der Waals surface area contributed by atoms with E-state index in [1.807, 2.05) is 25.1 Å². The molecule has 2 rings (SSSR count). The first kappa shape index (κ1) is 16.0. The summed E-state index contributed by atoms with van der Waals surface area (Å²) in [5, 5.41) is 6.35. The normalized spacial score (nSPS) is 22.0. The van der Waals surface area contributed by atoms with Crippen molar-refractivity contribution in [2.45, 2.75) is 45.9 Å². The standard InChI is InChI=1S/C17H26N2O2/c1-3-21-12-15-7-5-4-6-14(15)11-19-17(20)16-10-13(2)8-9-18-16/h4-7,13,16,18H,3,8-12H2,1-2H3,(H,19,20). The Morgan fingerprint density at radius 1 is 1.38 bits per heavy atom. The predicted molar refractivity (Wildman–Crippen MR) is 83.8 cm³/mol. The molecule has 1 aliphatic heterocycles. The molecule has 1 amide bonds. The molecule has 4 heteroatoms. The third-order valence-corrected chi connectivity index (χ3v) is 4.02. The van der Waals surface area contributed by atoms with Crippen LogP contribution in [0, 0.1) is 5.92 Å².